The van der Waals surface area contributed by atoms with Gasteiger partial charge in [0.25, 0.3) is 0 Å². The number of aryl methyl sites for hydroxylation is 2. The predicted octanol–water partition coefficient (Wildman–Crippen LogP) is 3.46. The third kappa shape index (κ3) is 2.69. The molecule has 3 heterocycles. The van der Waals surface area contributed by atoms with Crippen molar-refractivity contribution in [3.8, 4) is 11.4 Å². The Bertz CT molecular complexity index is 903. The van der Waals surface area contributed by atoms with Gasteiger partial charge in [0.1, 0.15) is 18.3 Å². The molecule has 2 aromatic heterocycles. The second kappa shape index (κ2) is 5.86. The number of rotatable bonds is 3. The van der Waals surface area contributed by atoms with Crippen molar-refractivity contribution in [2.75, 3.05) is 13.1 Å². The van der Waals surface area contributed by atoms with E-state index in [-0.39, 0.29) is 5.82 Å². The summed E-state index contributed by atoms with van der Waals surface area (Å²) in [6, 6.07) is 3.39. The molecule has 1 unspecified atom stereocenters. The molecule has 3 aromatic rings. The molecule has 1 N–H and O–H groups in total. The summed E-state index contributed by atoms with van der Waals surface area (Å²) >= 11 is 1.43. The van der Waals surface area contributed by atoms with Crippen LogP contribution in [0.5, 0.6) is 0 Å². The first-order valence-corrected chi connectivity index (χ1v) is 8.53. The normalized spacial score (nSPS) is 18.8. The zero-order valence-corrected chi connectivity index (χ0v) is 14.2. The molecule has 1 saturated heterocycles. The average Bonchev–Trinajstić information content (AvgIpc) is 3.21. The Morgan fingerprint density at radius 2 is 2.21 bits per heavy atom. The number of alkyl halides is 1. The Balaban J connectivity index is 1.78. The number of benzene rings is 1. The third-order valence-corrected chi connectivity index (χ3v) is 5.19. The lowest BCUT2D eigenvalue weighted by Crippen LogP contribution is -2.11. The SMILES string of the molecule is Cc1cc(F)c2[nH]c(SN3CCC(F)C3)cc2c1-c1ncn(C)n1. The van der Waals surface area contributed by atoms with Crippen LogP contribution in [0.2, 0.25) is 0 Å². The van der Waals surface area contributed by atoms with Crippen LogP contribution in [0.25, 0.3) is 22.3 Å². The molecule has 0 bridgehead atoms. The molecule has 8 heteroatoms. The lowest BCUT2D eigenvalue weighted by molar-refractivity contribution is 0.349. The fraction of sp³-hybridized carbons (Fsp3) is 0.375. The van der Waals surface area contributed by atoms with E-state index >= 15 is 0 Å². The molecule has 24 heavy (non-hydrogen) atoms. The van der Waals surface area contributed by atoms with E-state index in [4.69, 9.17) is 0 Å². The van der Waals surface area contributed by atoms with E-state index in [1.165, 1.54) is 18.0 Å². The molecule has 1 atom stereocenters. The van der Waals surface area contributed by atoms with Crippen LogP contribution in [0.1, 0.15) is 12.0 Å². The van der Waals surface area contributed by atoms with Gasteiger partial charge in [-0.3, -0.25) is 4.68 Å². The van der Waals surface area contributed by atoms with Gasteiger partial charge in [0.05, 0.1) is 10.5 Å². The zero-order valence-electron chi connectivity index (χ0n) is 13.4. The first kappa shape index (κ1) is 15.6. The van der Waals surface area contributed by atoms with Crippen LogP contribution in [0.3, 0.4) is 0 Å². The summed E-state index contributed by atoms with van der Waals surface area (Å²) in [5.74, 6) is 0.263. The Hall–Kier alpha value is -1.93. The van der Waals surface area contributed by atoms with Crippen molar-refractivity contribution in [1.29, 1.82) is 0 Å². The highest BCUT2D eigenvalue weighted by molar-refractivity contribution is 7.97. The van der Waals surface area contributed by atoms with Gasteiger partial charge in [-0.05, 0) is 43.0 Å². The van der Waals surface area contributed by atoms with E-state index in [1.807, 2.05) is 17.3 Å². The van der Waals surface area contributed by atoms with Crippen molar-refractivity contribution in [2.24, 2.45) is 7.05 Å². The highest BCUT2D eigenvalue weighted by atomic mass is 32.2. The largest absolute Gasteiger partial charge is 0.346 e. The van der Waals surface area contributed by atoms with Gasteiger partial charge in [-0.25, -0.2) is 18.1 Å². The Morgan fingerprint density at radius 1 is 1.38 bits per heavy atom. The van der Waals surface area contributed by atoms with Gasteiger partial charge in [0.15, 0.2) is 5.82 Å². The Labute approximate surface area is 142 Å². The molecule has 0 saturated carbocycles. The standard InChI is InChI=1S/C16H17F2N5S/c1-9-5-12(18)15-11(14(9)16-19-8-22(2)21-16)6-13(20-15)24-23-4-3-10(17)7-23/h5-6,8,10,20H,3-4,7H2,1-2H3. The van der Waals surface area contributed by atoms with Crippen LogP contribution in [0.4, 0.5) is 8.78 Å². The molecule has 1 aromatic carbocycles. The Kier molecular flexibility index (Phi) is 3.80. The van der Waals surface area contributed by atoms with E-state index < -0.39 is 6.17 Å². The lowest BCUT2D eigenvalue weighted by atomic mass is 10.0. The van der Waals surface area contributed by atoms with Gasteiger partial charge in [-0.1, -0.05) is 0 Å². The third-order valence-electron chi connectivity index (χ3n) is 4.18. The average molecular weight is 349 g/mol. The van der Waals surface area contributed by atoms with Gasteiger partial charge in [-0.15, -0.1) is 0 Å². The molecule has 0 aliphatic carbocycles. The van der Waals surface area contributed by atoms with Crippen molar-refractivity contribution < 1.29 is 8.78 Å². The maximum Gasteiger partial charge on any atom is 0.182 e. The number of aromatic nitrogens is 4. The smallest absolute Gasteiger partial charge is 0.182 e. The van der Waals surface area contributed by atoms with Crippen molar-refractivity contribution in [2.45, 2.75) is 24.5 Å². The number of H-pyrrole nitrogens is 1. The minimum absolute atomic E-state index is 0.307. The maximum absolute atomic E-state index is 14.4. The lowest BCUT2D eigenvalue weighted by Gasteiger charge is -2.10. The minimum Gasteiger partial charge on any atom is -0.346 e. The highest BCUT2D eigenvalue weighted by Crippen LogP contribution is 2.36. The van der Waals surface area contributed by atoms with Gasteiger partial charge >= 0.3 is 0 Å². The number of hydrogen-bond acceptors (Lipinski definition) is 4. The van der Waals surface area contributed by atoms with Crippen LogP contribution in [-0.2, 0) is 7.05 Å². The summed E-state index contributed by atoms with van der Waals surface area (Å²) < 4.78 is 31.3. The summed E-state index contributed by atoms with van der Waals surface area (Å²) in [7, 11) is 1.80. The zero-order chi connectivity index (χ0) is 16.8. The summed E-state index contributed by atoms with van der Waals surface area (Å²) in [6.45, 7) is 2.94. The molecule has 0 amide bonds. The minimum atomic E-state index is -0.783. The van der Waals surface area contributed by atoms with E-state index in [1.54, 1.807) is 18.1 Å². The van der Waals surface area contributed by atoms with Crippen LogP contribution < -0.4 is 0 Å². The number of hydrogen-bond donors (Lipinski definition) is 1. The monoisotopic (exact) mass is 349 g/mol. The number of nitrogens with one attached hydrogen (secondary N) is 1. The van der Waals surface area contributed by atoms with Crippen LogP contribution in [0, 0.1) is 12.7 Å². The topological polar surface area (TPSA) is 49.7 Å². The second-order valence-corrected chi connectivity index (χ2v) is 7.22. The van der Waals surface area contributed by atoms with Gasteiger partial charge in [0, 0.05) is 31.1 Å². The summed E-state index contributed by atoms with van der Waals surface area (Å²) in [5.41, 5.74) is 2.04. The van der Waals surface area contributed by atoms with Crippen LogP contribution >= 0.6 is 11.9 Å². The van der Waals surface area contributed by atoms with Crippen LogP contribution in [-0.4, -0.2) is 43.3 Å². The van der Waals surface area contributed by atoms with Crippen molar-refractivity contribution in [3.63, 3.8) is 0 Å². The summed E-state index contributed by atoms with van der Waals surface area (Å²) in [5, 5.41) is 5.89. The molecule has 5 nitrogen and oxygen atoms in total. The van der Waals surface area contributed by atoms with E-state index in [2.05, 4.69) is 15.1 Å². The van der Waals surface area contributed by atoms with Gasteiger partial charge in [0.2, 0.25) is 0 Å². The molecular weight excluding hydrogens is 332 g/mol. The first-order chi connectivity index (χ1) is 11.5. The summed E-state index contributed by atoms with van der Waals surface area (Å²) in [6.07, 6.45) is 1.39. The quantitative estimate of drug-likeness (QED) is 0.736. The number of aromatic amines is 1. The van der Waals surface area contributed by atoms with Gasteiger partial charge in [-0.2, -0.15) is 5.10 Å². The maximum atomic E-state index is 14.4. The van der Waals surface area contributed by atoms with Crippen molar-refractivity contribution in [1.82, 2.24) is 24.1 Å². The molecule has 1 fully saturated rings. The fourth-order valence-electron chi connectivity index (χ4n) is 3.07. The second-order valence-electron chi connectivity index (χ2n) is 6.08. The van der Waals surface area contributed by atoms with Crippen LogP contribution in [0.15, 0.2) is 23.5 Å². The molecule has 126 valence electrons. The highest BCUT2D eigenvalue weighted by Gasteiger charge is 2.24. The molecule has 4 rings (SSSR count). The Morgan fingerprint density at radius 3 is 2.88 bits per heavy atom. The van der Waals surface area contributed by atoms with Gasteiger partial charge < -0.3 is 4.98 Å². The number of fused-ring (bicyclic) bond motifs is 1. The number of halogens is 2. The van der Waals surface area contributed by atoms with Crippen molar-refractivity contribution >= 4 is 22.9 Å². The van der Waals surface area contributed by atoms with E-state index in [9.17, 15) is 8.78 Å². The molecule has 1 aliphatic heterocycles. The summed E-state index contributed by atoms with van der Waals surface area (Å²) in [4.78, 5) is 7.41. The molecule has 0 radical (unpaired) electrons. The molecule has 1 aliphatic rings. The van der Waals surface area contributed by atoms with E-state index in [0.717, 1.165) is 21.5 Å². The van der Waals surface area contributed by atoms with E-state index in [0.29, 0.717) is 30.9 Å². The fourth-order valence-corrected chi connectivity index (χ4v) is 4.10. The first-order valence-electron chi connectivity index (χ1n) is 7.76. The molecular formula is C16H17F2N5S. The predicted molar refractivity (Wildman–Crippen MR) is 89.9 cm³/mol. The molecule has 0 spiro atoms. The van der Waals surface area contributed by atoms with Crippen molar-refractivity contribution in [3.05, 3.63) is 29.8 Å². The number of nitrogens with zero attached hydrogens (tertiary/aromatic N) is 4.